The Kier molecular flexibility index (Phi) is 11.2. The molecule has 2 heterocycles. The number of guanidine groups is 1. The first kappa shape index (κ1) is 26.4. The summed E-state index contributed by atoms with van der Waals surface area (Å²) in [6.07, 6.45) is 0.868. The van der Waals surface area contributed by atoms with Crippen LogP contribution in [-0.2, 0) is 13.0 Å². The van der Waals surface area contributed by atoms with Crippen LogP contribution in [0.3, 0.4) is 0 Å². The summed E-state index contributed by atoms with van der Waals surface area (Å²) >= 11 is 1.48. The molecule has 1 fully saturated rings. The van der Waals surface area contributed by atoms with Crippen LogP contribution in [0.4, 0.5) is 5.13 Å². The zero-order valence-electron chi connectivity index (χ0n) is 18.9. The number of anilines is 1. The molecule has 1 aromatic heterocycles. The topological polar surface area (TPSA) is 95.3 Å². The number of methoxy groups -OCH3 is 1. The Morgan fingerprint density at radius 1 is 1.22 bits per heavy atom. The highest BCUT2D eigenvalue weighted by Gasteiger charge is 2.22. The van der Waals surface area contributed by atoms with Crippen molar-refractivity contribution >= 4 is 46.6 Å². The fourth-order valence-corrected chi connectivity index (χ4v) is 4.10. The third-order valence-corrected chi connectivity index (χ3v) is 5.76. The van der Waals surface area contributed by atoms with Crippen LogP contribution in [0.5, 0.6) is 11.5 Å². The van der Waals surface area contributed by atoms with Crippen molar-refractivity contribution in [3.63, 3.8) is 0 Å². The molecule has 0 atom stereocenters. The average Bonchev–Trinajstić information content (AvgIpc) is 3.30. The van der Waals surface area contributed by atoms with Crippen molar-refractivity contribution in [3.05, 3.63) is 29.6 Å². The lowest BCUT2D eigenvalue weighted by Gasteiger charge is -2.36. The number of nitrogens with one attached hydrogen (secondary N) is 1. The minimum Gasteiger partial charge on any atom is -0.493 e. The quantitative estimate of drug-likeness (QED) is 0.267. The van der Waals surface area contributed by atoms with E-state index < -0.39 is 0 Å². The molecule has 9 nitrogen and oxygen atoms in total. The Labute approximate surface area is 211 Å². The van der Waals surface area contributed by atoms with E-state index in [-0.39, 0.29) is 37.2 Å². The number of aliphatic hydroxyl groups excluding tert-OH is 1. The normalized spacial score (nSPS) is 14.2. The Hall–Kier alpha value is -1.86. The molecular formula is C21H33IN6O3S. The molecule has 0 radical (unpaired) electrons. The van der Waals surface area contributed by atoms with Crippen LogP contribution in [-0.4, -0.2) is 78.4 Å². The Balaban J connectivity index is 0.00000363. The van der Waals surface area contributed by atoms with Gasteiger partial charge in [0.05, 0.1) is 20.3 Å². The van der Waals surface area contributed by atoms with Crippen molar-refractivity contribution in [2.24, 2.45) is 4.99 Å². The van der Waals surface area contributed by atoms with Crippen molar-refractivity contribution in [2.75, 3.05) is 57.9 Å². The van der Waals surface area contributed by atoms with Crippen LogP contribution in [0.1, 0.15) is 25.2 Å². The van der Waals surface area contributed by atoms with E-state index in [2.05, 4.69) is 38.3 Å². The number of nitrogens with zero attached hydrogens (tertiary/aromatic N) is 5. The number of benzene rings is 1. The van der Waals surface area contributed by atoms with Gasteiger partial charge in [0.1, 0.15) is 12.4 Å². The van der Waals surface area contributed by atoms with Gasteiger partial charge in [-0.3, -0.25) is 0 Å². The van der Waals surface area contributed by atoms with Gasteiger partial charge < -0.3 is 29.7 Å². The van der Waals surface area contributed by atoms with Crippen LogP contribution in [0, 0.1) is 0 Å². The number of aliphatic hydroxyl groups is 1. The summed E-state index contributed by atoms with van der Waals surface area (Å²) in [6.45, 7) is 9.26. The maximum Gasteiger partial charge on any atom is 0.205 e. The van der Waals surface area contributed by atoms with E-state index in [0.717, 1.165) is 61.6 Å². The first-order valence-corrected chi connectivity index (χ1v) is 11.5. The highest BCUT2D eigenvalue weighted by atomic mass is 127. The van der Waals surface area contributed by atoms with E-state index in [9.17, 15) is 0 Å². The second-order valence-corrected chi connectivity index (χ2v) is 7.78. The van der Waals surface area contributed by atoms with Crippen LogP contribution in [0.25, 0.3) is 0 Å². The highest BCUT2D eigenvalue weighted by molar-refractivity contribution is 14.0. The monoisotopic (exact) mass is 576 g/mol. The molecule has 3 rings (SSSR count). The minimum atomic E-state index is -0.0344. The summed E-state index contributed by atoms with van der Waals surface area (Å²) in [5, 5.41) is 13.4. The van der Waals surface area contributed by atoms with Crippen molar-refractivity contribution in [3.8, 4) is 11.5 Å². The first-order chi connectivity index (χ1) is 15.2. The molecule has 0 amide bonds. The molecule has 1 aliphatic heterocycles. The van der Waals surface area contributed by atoms with Crippen molar-refractivity contribution in [2.45, 2.75) is 26.8 Å². The van der Waals surface area contributed by atoms with E-state index in [1.807, 2.05) is 18.2 Å². The lowest BCUT2D eigenvalue weighted by atomic mass is 10.2. The molecule has 1 aromatic carbocycles. The van der Waals surface area contributed by atoms with E-state index in [1.54, 1.807) is 7.11 Å². The second kappa shape index (κ2) is 13.6. The van der Waals surface area contributed by atoms with Crippen molar-refractivity contribution in [1.29, 1.82) is 0 Å². The standard InChI is InChI=1S/C21H32N6O3S.HI/c1-4-19-24-21(31-25-19)27-10-8-26(9-11-27)20(22-5-2)23-15-16-6-7-17(30-13-12-28)18(14-16)29-3;/h6-7,14,28H,4-5,8-13,15H2,1-3H3,(H,22,23);1H. The van der Waals surface area contributed by atoms with Crippen LogP contribution >= 0.6 is 35.5 Å². The average molecular weight is 577 g/mol. The number of piperazine rings is 1. The zero-order chi connectivity index (χ0) is 22.1. The fraction of sp³-hybridized carbons (Fsp3) is 0.571. The largest absolute Gasteiger partial charge is 0.493 e. The number of ether oxygens (including phenoxy) is 2. The van der Waals surface area contributed by atoms with Gasteiger partial charge in [-0.25, -0.2) is 9.98 Å². The molecule has 1 aliphatic rings. The van der Waals surface area contributed by atoms with E-state index in [1.165, 1.54) is 11.5 Å². The molecule has 0 spiro atoms. The maximum atomic E-state index is 8.95. The molecule has 1 saturated heterocycles. The summed E-state index contributed by atoms with van der Waals surface area (Å²) < 4.78 is 15.3. The van der Waals surface area contributed by atoms with Gasteiger partial charge >= 0.3 is 0 Å². The molecule has 2 N–H and O–H groups in total. The number of hydrogen-bond donors (Lipinski definition) is 2. The maximum absolute atomic E-state index is 8.95. The Morgan fingerprint density at radius 2 is 2.00 bits per heavy atom. The molecule has 32 heavy (non-hydrogen) atoms. The summed E-state index contributed by atoms with van der Waals surface area (Å²) in [7, 11) is 1.61. The molecule has 11 heteroatoms. The number of aliphatic imine (C=N–C) groups is 1. The molecule has 2 aromatic rings. The van der Waals surface area contributed by atoms with Crippen LogP contribution in [0.15, 0.2) is 23.2 Å². The first-order valence-electron chi connectivity index (χ1n) is 10.7. The predicted octanol–water partition coefficient (Wildman–Crippen LogP) is 2.39. The van der Waals surface area contributed by atoms with Gasteiger partial charge in [0.2, 0.25) is 5.13 Å². The number of hydrogen-bond acceptors (Lipinski definition) is 8. The minimum absolute atomic E-state index is 0. The highest BCUT2D eigenvalue weighted by Crippen LogP contribution is 2.28. The predicted molar refractivity (Wildman–Crippen MR) is 139 cm³/mol. The van der Waals surface area contributed by atoms with Crippen LogP contribution < -0.4 is 19.7 Å². The van der Waals surface area contributed by atoms with E-state index in [4.69, 9.17) is 19.6 Å². The zero-order valence-corrected chi connectivity index (χ0v) is 22.1. The summed E-state index contributed by atoms with van der Waals surface area (Å²) in [6, 6.07) is 5.76. The van der Waals surface area contributed by atoms with Crippen molar-refractivity contribution < 1.29 is 14.6 Å². The number of rotatable bonds is 9. The van der Waals surface area contributed by atoms with Crippen LogP contribution in [0.2, 0.25) is 0 Å². The van der Waals surface area contributed by atoms with Gasteiger partial charge in [-0.15, -0.1) is 24.0 Å². The summed E-state index contributed by atoms with van der Waals surface area (Å²) in [5.74, 6) is 3.09. The molecule has 0 aliphatic carbocycles. The van der Waals surface area contributed by atoms with Gasteiger partial charge in [0.15, 0.2) is 17.5 Å². The molecule has 0 bridgehead atoms. The third-order valence-electron chi connectivity index (χ3n) is 4.95. The molecular weight excluding hydrogens is 543 g/mol. The smallest absolute Gasteiger partial charge is 0.205 e. The fourth-order valence-electron chi connectivity index (χ4n) is 3.30. The van der Waals surface area contributed by atoms with Crippen molar-refractivity contribution in [1.82, 2.24) is 19.6 Å². The summed E-state index contributed by atoms with van der Waals surface area (Å²) in [5.41, 5.74) is 1.03. The number of halogens is 1. The summed E-state index contributed by atoms with van der Waals surface area (Å²) in [4.78, 5) is 14.0. The van der Waals surface area contributed by atoms with Gasteiger partial charge in [-0.1, -0.05) is 13.0 Å². The SMILES string of the molecule is CCNC(=NCc1ccc(OCCO)c(OC)c1)N1CCN(c2nc(CC)ns2)CC1.I. The number of aromatic nitrogens is 2. The Bertz CT molecular complexity index is 858. The second-order valence-electron chi connectivity index (χ2n) is 7.05. The van der Waals surface area contributed by atoms with E-state index >= 15 is 0 Å². The third kappa shape index (κ3) is 7.07. The van der Waals surface area contributed by atoms with Gasteiger partial charge in [-0.05, 0) is 24.6 Å². The van der Waals surface area contributed by atoms with E-state index in [0.29, 0.717) is 18.0 Å². The van der Waals surface area contributed by atoms with Gasteiger partial charge in [0, 0.05) is 50.7 Å². The molecule has 178 valence electrons. The number of aryl methyl sites for hydroxylation is 1. The lowest BCUT2D eigenvalue weighted by molar-refractivity contribution is 0.196. The Morgan fingerprint density at radius 3 is 2.62 bits per heavy atom. The molecule has 0 saturated carbocycles. The van der Waals surface area contributed by atoms with Gasteiger partial charge in [0.25, 0.3) is 0 Å². The lowest BCUT2D eigenvalue weighted by Crippen LogP contribution is -2.52. The molecule has 0 unspecified atom stereocenters. The van der Waals surface area contributed by atoms with Gasteiger partial charge in [-0.2, -0.15) is 4.37 Å².